The maximum Gasteiger partial charge on any atom is 0.513 e. The van der Waals surface area contributed by atoms with Crippen LogP contribution >= 0.6 is 0 Å². The largest absolute Gasteiger partial charge is 0.513 e. The van der Waals surface area contributed by atoms with E-state index in [1.54, 1.807) is 0 Å². The molecule has 0 saturated heterocycles. The Morgan fingerprint density at radius 3 is 2.12 bits per heavy atom. The topological polar surface area (TPSA) is 72.8 Å². The van der Waals surface area contributed by atoms with Crippen molar-refractivity contribution in [3.05, 3.63) is 12.8 Å². The van der Waals surface area contributed by atoms with E-state index in [2.05, 4.69) is 31.0 Å². The van der Waals surface area contributed by atoms with Crippen molar-refractivity contribution in [3.8, 4) is 0 Å². The molecule has 0 heterocycles. The first-order valence-electron chi connectivity index (χ1n) is 4.83. The van der Waals surface area contributed by atoms with E-state index in [9.17, 15) is 4.79 Å². The van der Waals surface area contributed by atoms with E-state index in [4.69, 9.17) is 14.6 Å². The first-order chi connectivity index (χ1) is 7.19. The van der Waals surface area contributed by atoms with Crippen molar-refractivity contribution >= 4 is 20.2 Å². The van der Waals surface area contributed by atoms with Crippen LogP contribution in [0.15, 0.2) is 12.8 Å². The number of carboxylic acid groups (broad SMARTS) is 1. The second-order valence-corrected chi connectivity index (χ2v) is 9.83. The van der Waals surface area contributed by atoms with Gasteiger partial charge in [0.25, 0.3) is 5.97 Å². The van der Waals surface area contributed by atoms with E-state index in [0.717, 1.165) is 19.2 Å². The van der Waals surface area contributed by atoms with Crippen molar-refractivity contribution < 1.29 is 24.2 Å². The van der Waals surface area contributed by atoms with Gasteiger partial charge in [0.1, 0.15) is 0 Å². The van der Waals surface area contributed by atoms with Crippen LogP contribution in [-0.4, -0.2) is 31.9 Å². The van der Waals surface area contributed by atoms with E-state index >= 15 is 0 Å². The number of hydrogen-bond donors (Lipinski definition) is 1. The molecule has 0 aliphatic carbocycles. The van der Waals surface area contributed by atoms with Crippen molar-refractivity contribution in [2.45, 2.75) is 32.6 Å². The summed E-state index contributed by atoms with van der Waals surface area (Å²) in [6.07, 6.45) is 0.403. The van der Waals surface area contributed by atoms with Crippen molar-refractivity contribution in [2.24, 2.45) is 0 Å². The fraction of sp³-hybridized carbons (Fsp3) is 0.600. The zero-order valence-electron chi connectivity index (χ0n) is 10.3. The minimum atomic E-state index is -1.11. The summed E-state index contributed by atoms with van der Waals surface area (Å²) < 4.78 is 9.14. The predicted octanol–water partition coefficient (Wildman–Crippen LogP) is 2.71. The molecule has 0 atom stereocenters. The van der Waals surface area contributed by atoms with Gasteiger partial charge in [-0.2, -0.15) is 0 Å². The van der Waals surface area contributed by atoms with Gasteiger partial charge in [-0.3, -0.25) is 4.79 Å². The molecule has 0 aromatic carbocycles. The molecule has 6 heteroatoms. The Hall–Kier alpha value is -1.30. The lowest BCUT2D eigenvalue weighted by Gasteiger charge is -2.14. The standard InChI is InChI=1S/C8H16O3Si.C2H4O2/c1-5-10-8(9)11-6-7-12(2,3)4;1-2(3)4/h5H,1,6-7H2,2-4H3;1H3,(H,3,4). The predicted molar refractivity (Wildman–Crippen MR) is 64.1 cm³/mol. The lowest BCUT2D eigenvalue weighted by atomic mass is 10.8. The van der Waals surface area contributed by atoms with Crippen LogP contribution in [0, 0.1) is 0 Å². The quantitative estimate of drug-likeness (QED) is 0.470. The summed E-state index contributed by atoms with van der Waals surface area (Å²) in [6, 6.07) is 0.958. The third-order valence-electron chi connectivity index (χ3n) is 1.25. The first kappa shape index (κ1) is 17.1. The Labute approximate surface area is 97.1 Å². The molecular formula is C10H20O5Si. The van der Waals surface area contributed by atoms with Gasteiger partial charge in [-0.15, -0.1) is 0 Å². The monoisotopic (exact) mass is 248 g/mol. The van der Waals surface area contributed by atoms with Crippen molar-refractivity contribution in [3.63, 3.8) is 0 Å². The zero-order valence-corrected chi connectivity index (χ0v) is 11.3. The zero-order chi connectivity index (χ0) is 13.2. The second-order valence-electron chi connectivity index (χ2n) is 4.21. The number of rotatable bonds is 4. The molecule has 0 aliphatic rings. The second kappa shape index (κ2) is 8.96. The summed E-state index contributed by atoms with van der Waals surface area (Å²) in [5, 5.41) is 7.42. The van der Waals surface area contributed by atoms with E-state index < -0.39 is 20.2 Å². The molecule has 0 saturated carbocycles. The first-order valence-corrected chi connectivity index (χ1v) is 8.53. The van der Waals surface area contributed by atoms with Gasteiger partial charge in [0.2, 0.25) is 0 Å². The molecule has 0 spiro atoms. The van der Waals surface area contributed by atoms with Gasteiger partial charge >= 0.3 is 6.16 Å². The van der Waals surface area contributed by atoms with Gasteiger partial charge in [0, 0.05) is 15.0 Å². The van der Waals surface area contributed by atoms with Crippen molar-refractivity contribution in [1.29, 1.82) is 0 Å². The van der Waals surface area contributed by atoms with Crippen LogP contribution in [0.2, 0.25) is 25.7 Å². The minimum absolute atomic E-state index is 0.447. The third kappa shape index (κ3) is 23.0. The van der Waals surface area contributed by atoms with Gasteiger partial charge < -0.3 is 14.6 Å². The molecule has 0 rings (SSSR count). The summed E-state index contributed by atoms with van der Waals surface area (Å²) >= 11 is 0. The van der Waals surface area contributed by atoms with E-state index in [1.165, 1.54) is 0 Å². The molecule has 16 heavy (non-hydrogen) atoms. The maximum atomic E-state index is 10.6. The van der Waals surface area contributed by atoms with Crippen LogP contribution in [0.1, 0.15) is 6.92 Å². The summed E-state index contributed by atoms with van der Waals surface area (Å²) in [6.45, 7) is 11.4. The summed E-state index contributed by atoms with van der Waals surface area (Å²) in [7, 11) is -1.11. The van der Waals surface area contributed by atoms with Crippen molar-refractivity contribution in [2.75, 3.05) is 6.61 Å². The van der Waals surface area contributed by atoms with Crippen molar-refractivity contribution in [1.82, 2.24) is 0 Å². The van der Waals surface area contributed by atoms with E-state index in [-0.39, 0.29) is 0 Å². The van der Waals surface area contributed by atoms with Crippen LogP contribution < -0.4 is 0 Å². The smallest absolute Gasteiger partial charge is 0.481 e. The highest BCUT2D eigenvalue weighted by atomic mass is 28.3. The van der Waals surface area contributed by atoms with Gasteiger partial charge in [0.15, 0.2) is 0 Å². The average molecular weight is 248 g/mol. The number of carboxylic acids is 1. The van der Waals surface area contributed by atoms with E-state index in [0.29, 0.717) is 6.61 Å². The fourth-order valence-electron chi connectivity index (χ4n) is 0.543. The number of carbonyl (C=O) groups is 2. The molecule has 0 aromatic heterocycles. The highest BCUT2D eigenvalue weighted by Crippen LogP contribution is 2.07. The molecule has 0 unspecified atom stereocenters. The van der Waals surface area contributed by atoms with Gasteiger partial charge in [0.05, 0.1) is 12.9 Å². The molecule has 94 valence electrons. The van der Waals surface area contributed by atoms with Gasteiger partial charge in [-0.1, -0.05) is 26.2 Å². The number of carbonyl (C=O) groups excluding carboxylic acids is 1. The molecule has 0 radical (unpaired) electrons. The molecule has 0 aliphatic heterocycles. The maximum absolute atomic E-state index is 10.6. The molecule has 0 amide bonds. The van der Waals surface area contributed by atoms with Crippen LogP contribution in [0.25, 0.3) is 0 Å². The SMILES string of the molecule is C=COC(=O)OCC[Si](C)(C)C.CC(=O)O. The van der Waals surface area contributed by atoms with Gasteiger partial charge in [-0.05, 0) is 6.04 Å². The Morgan fingerprint density at radius 2 is 1.81 bits per heavy atom. The molecule has 0 aromatic rings. The summed E-state index contributed by atoms with van der Waals surface area (Å²) in [4.78, 5) is 19.6. The normalized spacial score (nSPS) is 9.50. The van der Waals surface area contributed by atoms with Gasteiger partial charge in [-0.25, -0.2) is 4.79 Å². The lowest BCUT2D eigenvalue weighted by Crippen LogP contribution is -2.22. The Balaban J connectivity index is 0. The minimum Gasteiger partial charge on any atom is -0.481 e. The van der Waals surface area contributed by atoms with Crippen LogP contribution in [0.3, 0.4) is 0 Å². The molecule has 5 nitrogen and oxygen atoms in total. The fourth-order valence-corrected chi connectivity index (χ4v) is 1.26. The average Bonchev–Trinajstić information content (AvgIpc) is 2.00. The molecule has 0 fully saturated rings. The molecule has 0 bridgehead atoms. The Morgan fingerprint density at radius 1 is 1.38 bits per heavy atom. The Kier molecular flexibility index (Phi) is 9.58. The summed E-state index contributed by atoms with van der Waals surface area (Å²) in [5.74, 6) is -0.833. The molecular weight excluding hydrogens is 228 g/mol. The number of aliphatic carboxylic acids is 1. The highest BCUT2D eigenvalue weighted by molar-refractivity contribution is 6.76. The molecule has 1 N–H and O–H groups in total. The van der Waals surface area contributed by atoms with Crippen LogP contribution in [0.5, 0.6) is 0 Å². The highest BCUT2D eigenvalue weighted by Gasteiger charge is 2.13. The lowest BCUT2D eigenvalue weighted by molar-refractivity contribution is -0.134. The number of hydrogen-bond acceptors (Lipinski definition) is 4. The summed E-state index contributed by atoms with van der Waals surface area (Å²) in [5.41, 5.74) is 0. The number of ether oxygens (including phenoxy) is 2. The van der Waals surface area contributed by atoms with E-state index in [1.807, 2.05) is 0 Å². The van der Waals surface area contributed by atoms with Crippen LogP contribution in [0.4, 0.5) is 4.79 Å². The van der Waals surface area contributed by atoms with Crippen LogP contribution in [-0.2, 0) is 14.3 Å². The third-order valence-corrected chi connectivity index (χ3v) is 2.96. The Bertz CT molecular complexity index is 228.